The fraction of sp³-hybridized carbons (Fsp3) is 0.276. The largest absolute Gasteiger partial charge is 0.294 e. The Hall–Kier alpha value is -3.58. The van der Waals surface area contributed by atoms with Gasteiger partial charge in [-0.25, -0.2) is 4.39 Å². The van der Waals surface area contributed by atoms with Crippen LogP contribution in [-0.4, -0.2) is 10.8 Å². The van der Waals surface area contributed by atoms with Crippen LogP contribution < -0.4 is 0 Å². The van der Waals surface area contributed by atoms with Crippen LogP contribution in [0.5, 0.6) is 0 Å². The van der Waals surface area contributed by atoms with E-state index in [4.69, 9.17) is 4.98 Å². The number of pyridine rings is 1. The second kappa shape index (κ2) is 12.5. The van der Waals surface area contributed by atoms with Gasteiger partial charge < -0.3 is 0 Å². The Bertz CT molecular complexity index is 1150. The van der Waals surface area contributed by atoms with Crippen molar-refractivity contribution in [1.82, 2.24) is 4.98 Å². The number of ketones is 1. The summed E-state index contributed by atoms with van der Waals surface area (Å²) in [5.41, 5.74) is 4.32. The molecule has 0 bridgehead atoms. The molecule has 1 heterocycles. The Labute approximate surface area is 195 Å². The van der Waals surface area contributed by atoms with E-state index in [0.717, 1.165) is 48.9 Å². The minimum atomic E-state index is -0.243. The van der Waals surface area contributed by atoms with Gasteiger partial charge in [0.1, 0.15) is 5.82 Å². The molecule has 2 aromatic carbocycles. The first-order valence-corrected chi connectivity index (χ1v) is 11.5. The predicted octanol–water partition coefficient (Wildman–Crippen LogP) is 7.25. The number of hydrogen-bond donors (Lipinski definition) is 0. The molecule has 0 unspecified atom stereocenters. The van der Waals surface area contributed by atoms with Gasteiger partial charge in [-0.15, -0.1) is 6.58 Å². The van der Waals surface area contributed by atoms with Crippen LogP contribution in [0.4, 0.5) is 4.39 Å². The summed E-state index contributed by atoms with van der Waals surface area (Å²) in [5, 5.41) is 9.47. The van der Waals surface area contributed by atoms with E-state index in [1.807, 2.05) is 42.5 Å². The standard InChI is InChI=1S/C29H29FN2O/c1-2-3-4-5-6-17-29(33)26-18-19-28(25-15-8-7-13-23(25)21-31)32-27(26)16-10-12-22-11-9-14-24(30)20-22/h2,7-9,11,13-15,18-20H,1,3-6,10,12,16-17H2. The minimum absolute atomic E-state index is 0.0991. The number of rotatable bonds is 12. The summed E-state index contributed by atoms with van der Waals surface area (Å²) >= 11 is 0. The molecule has 3 aromatic rings. The first-order valence-electron chi connectivity index (χ1n) is 11.5. The summed E-state index contributed by atoms with van der Waals surface area (Å²) in [6.45, 7) is 3.74. The molecule has 0 radical (unpaired) electrons. The molecule has 168 valence electrons. The number of benzene rings is 2. The molecular weight excluding hydrogens is 411 g/mol. The topological polar surface area (TPSA) is 53.8 Å². The van der Waals surface area contributed by atoms with Crippen LogP contribution in [0.1, 0.15) is 65.7 Å². The van der Waals surface area contributed by atoms with E-state index < -0.39 is 0 Å². The van der Waals surface area contributed by atoms with E-state index in [-0.39, 0.29) is 11.6 Å². The molecule has 33 heavy (non-hydrogen) atoms. The number of halogens is 1. The smallest absolute Gasteiger partial charge is 0.164 e. The molecule has 0 N–H and O–H groups in total. The number of hydrogen-bond acceptors (Lipinski definition) is 3. The van der Waals surface area contributed by atoms with Crippen molar-refractivity contribution in [3.63, 3.8) is 0 Å². The third-order valence-electron chi connectivity index (χ3n) is 5.68. The number of allylic oxidation sites excluding steroid dienone is 1. The molecule has 0 saturated carbocycles. The van der Waals surface area contributed by atoms with Gasteiger partial charge in [0.15, 0.2) is 5.78 Å². The molecular formula is C29H29FN2O. The summed E-state index contributed by atoms with van der Waals surface area (Å²) < 4.78 is 13.5. The van der Waals surface area contributed by atoms with E-state index in [1.165, 1.54) is 6.07 Å². The molecule has 0 atom stereocenters. The molecule has 4 heteroatoms. The van der Waals surface area contributed by atoms with E-state index in [0.29, 0.717) is 36.1 Å². The lowest BCUT2D eigenvalue weighted by atomic mass is 9.97. The molecule has 3 rings (SSSR count). The Morgan fingerprint density at radius 3 is 2.64 bits per heavy atom. The van der Waals surface area contributed by atoms with Crippen LogP contribution in [0.25, 0.3) is 11.3 Å². The second-order valence-corrected chi connectivity index (χ2v) is 8.14. The molecule has 3 nitrogen and oxygen atoms in total. The lowest BCUT2D eigenvalue weighted by molar-refractivity contribution is 0.0978. The third-order valence-corrected chi connectivity index (χ3v) is 5.68. The monoisotopic (exact) mass is 440 g/mol. The molecule has 0 amide bonds. The van der Waals surface area contributed by atoms with Gasteiger partial charge >= 0.3 is 0 Å². The summed E-state index contributed by atoms with van der Waals surface area (Å²) in [7, 11) is 0. The highest BCUT2D eigenvalue weighted by Gasteiger charge is 2.15. The van der Waals surface area contributed by atoms with Gasteiger partial charge in [0.2, 0.25) is 0 Å². The van der Waals surface area contributed by atoms with E-state index in [2.05, 4.69) is 12.6 Å². The van der Waals surface area contributed by atoms with Gasteiger partial charge in [-0.1, -0.05) is 42.8 Å². The van der Waals surface area contributed by atoms with Gasteiger partial charge in [-0.05, 0) is 74.4 Å². The van der Waals surface area contributed by atoms with Gasteiger partial charge in [0, 0.05) is 17.5 Å². The number of carbonyl (C=O) groups is 1. The van der Waals surface area contributed by atoms with E-state index in [1.54, 1.807) is 18.2 Å². The average Bonchev–Trinajstić information content (AvgIpc) is 2.83. The number of carbonyl (C=O) groups excluding carboxylic acids is 1. The summed E-state index contributed by atoms with van der Waals surface area (Å²) in [5.74, 6) is -0.143. The summed E-state index contributed by atoms with van der Waals surface area (Å²) in [6, 6.07) is 19.8. The van der Waals surface area contributed by atoms with Crippen molar-refractivity contribution in [3.8, 4) is 17.3 Å². The number of nitrogens with zero attached hydrogens (tertiary/aromatic N) is 2. The SMILES string of the molecule is C=CCCCCCC(=O)c1ccc(-c2ccccc2C#N)nc1CCCc1cccc(F)c1. The van der Waals surface area contributed by atoms with Crippen molar-refractivity contribution in [2.75, 3.05) is 0 Å². The Kier molecular flexibility index (Phi) is 9.08. The summed E-state index contributed by atoms with van der Waals surface area (Å²) in [4.78, 5) is 17.8. The molecule has 0 aliphatic rings. The number of nitriles is 1. The molecule has 0 saturated heterocycles. The van der Waals surface area contributed by atoms with E-state index in [9.17, 15) is 14.4 Å². The van der Waals surface area contributed by atoms with Crippen molar-refractivity contribution in [1.29, 1.82) is 5.26 Å². The van der Waals surface area contributed by atoms with Crippen LogP contribution in [0.15, 0.2) is 73.3 Å². The zero-order chi connectivity index (χ0) is 23.5. The molecule has 0 aliphatic carbocycles. The van der Waals surface area contributed by atoms with Crippen LogP contribution in [0, 0.1) is 17.1 Å². The van der Waals surface area contributed by atoms with Crippen molar-refractivity contribution in [2.45, 2.75) is 51.4 Å². The van der Waals surface area contributed by atoms with Crippen molar-refractivity contribution >= 4 is 5.78 Å². The van der Waals surface area contributed by atoms with Crippen LogP contribution in [0.3, 0.4) is 0 Å². The Morgan fingerprint density at radius 1 is 1.00 bits per heavy atom. The van der Waals surface area contributed by atoms with Gasteiger partial charge in [0.05, 0.1) is 23.0 Å². The highest BCUT2D eigenvalue weighted by atomic mass is 19.1. The third kappa shape index (κ3) is 6.95. The number of aromatic nitrogens is 1. The normalized spacial score (nSPS) is 10.5. The van der Waals surface area contributed by atoms with Gasteiger partial charge in [-0.3, -0.25) is 9.78 Å². The molecule has 0 spiro atoms. The van der Waals surface area contributed by atoms with Gasteiger partial charge in [0.25, 0.3) is 0 Å². The van der Waals surface area contributed by atoms with Crippen LogP contribution in [-0.2, 0) is 12.8 Å². The lowest BCUT2D eigenvalue weighted by Crippen LogP contribution is -2.08. The second-order valence-electron chi connectivity index (χ2n) is 8.14. The zero-order valence-electron chi connectivity index (χ0n) is 18.9. The fourth-order valence-corrected chi connectivity index (χ4v) is 3.94. The van der Waals surface area contributed by atoms with Crippen molar-refractivity contribution < 1.29 is 9.18 Å². The fourth-order valence-electron chi connectivity index (χ4n) is 3.94. The maximum atomic E-state index is 13.5. The zero-order valence-corrected chi connectivity index (χ0v) is 18.9. The maximum Gasteiger partial charge on any atom is 0.164 e. The Morgan fingerprint density at radius 2 is 1.85 bits per heavy atom. The lowest BCUT2D eigenvalue weighted by Gasteiger charge is -2.12. The van der Waals surface area contributed by atoms with E-state index >= 15 is 0 Å². The number of aryl methyl sites for hydroxylation is 2. The number of Topliss-reactive ketones (excluding diaryl/α,β-unsaturated/α-hetero) is 1. The first-order chi connectivity index (χ1) is 16.1. The highest BCUT2D eigenvalue weighted by Crippen LogP contribution is 2.25. The Balaban J connectivity index is 1.80. The van der Waals surface area contributed by atoms with Crippen LogP contribution in [0.2, 0.25) is 0 Å². The predicted molar refractivity (Wildman–Crippen MR) is 130 cm³/mol. The quantitative estimate of drug-likeness (QED) is 0.169. The molecule has 0 aliphatic heterocycles. The minimum Gasteiger partial charge on any atom is -0.294 e. The highest BCUT2D eigenvalue weighted by molar-refractivity contribution is 5.97. The number of unbranched alkanes of at least 4 members (excludes halogenated alkanes) is 3. The molecule has 0 fully saturated rings. The maximum absolute atomic E-state index is 13.5. The van der Waals surface area contributed by atoms with Crippen LogP contribution >= 0.6 is 0 Å². The van der Waals surface area contributed by atoms with Crippen molar-refractivity contribution in [3.05, 3.63) is 102 Å². The first kappa shape index (κ1) is 24.1. The molecule has 1 aromatic heterocycles. The summed E-state index contributed by atoms with van der Waals surface area (Å²) in [6.07, 6.45) is 8.30. The van der Waals surface area contributed by atoms with Gasteiger partial charge in [-0.2, -0.15) is 5.26 Å². The average molecular weight is 441 g/mol. The van der Waals surface area contributed by atoms with Crippen molar-refractivity contribution in [2.24, 2.45) is 0 Å².